The van der Waals surface area contributed by atoms with E-state index in [-0.39, 0.29) is 11.9 Å². The number of aromatic nitrogens is 2. The minimum absolute atomic E-state index is 0.0468. The van der Waals surface area contributed by atoms with E-state index in [1.165, 1.54) is 0 Å². The van der Waals surface area contributed by atoms with Crippen LogP contribution >= 0.6 is 0 Å². The number of benzene rings is 1. The monoisotopic (exact) mass is 316 g/mol. The van der Waals surface area contributed by atoms with Gasteiger partial charge in [0.05, 0.1) is 11.0 Å². The van der Waals surface area contributed by atoms with Crippen LogP contribution in [0, 0.1) is 0 Å². The Hall–Kier alpha value is -2.41. The van der Waals surface area contributed by atoms with Crippen LogP contribution in [0.5, 0.6) is 0 Å². The molecule has 1 aliphatic rings. The summed E-state index contributed by atoms with van der Waals surface area (Å²) in [6.07, 6.45) is 1.84. The topological polar surface area (TPSA) is 98.1 Å². The molecule has 0 bridgehead atoms. The van der Waals surface area contributed by atoms with Crippen LogP contribution in [-0.2, 0) is 0 Å². The first kappa shape index (κ1) is 15.5. The van der Waals surface area contributed by atoms with Crippen molar-refractivity contribution in [2.45, 2.75) is 25.8 Å². The Bertz CT molecular complexity index is 833. The van der Waals surface area contributed by atoms with E-state index in [4.69, 9.17) is 0 Å². The van der Waals surface area contributed by atoms with E-state index in [0.717, 1.165) is 25.9 Å². The molecule has 1 saturated heterocycles. The van der Waals surface area contributed by atoms with E-state index >= 15 is 0 Å². The lowest BCUT2D eigenvalue weighted by molar-refractivity contribution is 0.0692. The number of amides is 1. The van der Waals surface area contributed by atoms with Gasteiger partial charge in [-0.25, -0.2) is 0 Å². The third kappa shape index (κ3) is 3.05. The van der Waals surface area contributed by atoms with Gasteiger partial charge in [0.15, 0.2) is 0 Å². The molecule has 3 N–H and O–H groups in total. The molecule has 0 saturated carbocycles. The van der Waals surface area contributed by atoms with Gasteiger partial charge < -0.3 is 20.2 Å². The van der Waals surface area contributed by atoms with Crippen LogP contribution in [0.15, 0.2) is 27.8 Å². The summed E-state index contributed by atoms with van der Waals surface area (Å²) < 4.78 is 0. The molecule has 1 fully saturated rings. The van der Waals surface area contributed by atoms with Crippen molar-refractivity contribution < 1.29 is 4.79 Å². The number of hydrogen-bond donors (Lipinski definition) is 3. The zero-order valence-electron chi connectivity index (χ0n) is 13.0. The van der Waals surface area contributed by atoms with Crippen molar-refractivity contribution in [1.82, 2.24) is 20.2 Å². The van der Waals surface area contributed by atoms with Crippen LogP contribution in [-0.4, -0.2) is 46.5 Å². The van der Waals surface area contributed by atoms with Crippen molar-refractivity contribution in [1.29, 1.82) is 0 Å². The Morgan fingerprint density at radius 1 is 1.22 bits per heavy atom. The molecular weight excluding hydrogens is 296 g/mol. The molecule has 1 aromatic carbocycles. The average molecular weight is 316 g/mol. The third-order valence-corrected chi connectivity index (χ3v) is 4.17. The van der Waals surface area contributed by atoms with Gasteiger partial charge in [-0.05, 0) is 37.6 Å². The maximum Gasteiger partial charge on any atom is 0.314 e. The second-order valence-corrected chi connectivity index (χ2v) is 5.81. The smallest absolute Gasteiger partial charge is 0.314 e. The first-order chi connectivity index (χ1) is 11.1. The molecule has 7 heteroatoms. The molecule has 7 nitrogen and oxygen atoms in total. The van der Waals surface area contributed by atoms with Crippen molar-refractivity contribution >= 4 is 16.9 Å². The highest BCUT2D eigenvalue weighted by Gasteiger charge is 2.26. The first-order valence-electron chi connectivity index (χ1n) is 7.88. The van der Waals surface area contributed by atoms with E-state index in [1.54, 1.807) is 18.2 Å². The Kier molecular flexibility index (Phi) is 4.29. The minimum Gasteiger partial charge on any atom is -0.334 e. The second kappa shape index (κ2) is 6.37. The lowest BCUT2D eigenvalue weighted by atomic mass is 10.1. The Morgan fingerprint density at radius 2 is 1.96 bits per heavy atom. The first-order valence-corrected chi connectivity index (χ1v) is 7.88. The molecule has 2 heterocycles. The summed E-state index contributed by atoms with van der Waals surface area (Å²) in [6.45, 7) is 4.48. The average Bonchev–Trinajstić information content (AvgIpc) is 3.07. The van der Waals surface area contributed by atoms with Crippen molar-refractivity contribution in [3.05, 3.63) is 44.5 Å². The number of hydrogen-bond acceptors (Lipinski definition) is 4. The van der Waals surface area contributed by atoms with Gasteiger partial charge >= 0.3 is 11.1 Å². The van der Waals surface area contributed by atoms with Gasteiger partial charge in [-0.1, -0.05) is 6.92 Å². The Labute approximate surface area is 132 Å². The summed E-state index contributed by atoms with van der Waals surface area (Å²) in [7, 11) is 0. The molecule has 0 radical (unpaired) electrons. The number of fused-ring (bicyclic) bond motifs is 1. The van der Waals surface area contributed by atoms with Crippen LogP contribution in [0.2, 0.25) is 0 Å². The van der Waals surface area contributed by atoms with Crippen molar-refractivity contribution in [3.63, 3.8) is 0 Å². The van der Waals surface area contributed by atoms with Crippen LogP contribution < -0.4 is 16.4 Å². The Balaban J connectivity index is 1.96. The molecule has 1 amide bonds. The van der Waals surface area contributed by atoms with Crippen molar-refractivity contribution in [2.75, 3.05) is 19.6 Å². The largest absolute Gasteiger partial charge is 0.334 e. The molecule has 1 atom stereocenters. The lowest BCUT2D eigenvalue weighted by Crippen LogP contribution is -2.42. The van der Waals surface area contributed by atoms with Crippen molar-refractivity contribution in [2.24, 2.45) is 0 Å². The predicted molar refractivity (Wildman–Crippen MR) is 87.8 cm³/mol. The number of nitrogens with one attached hydrogen (secondary N) is 3. The number of nitrogens with zero attached hydrogens (tertiary/aromatic N) is 1. The van der Waals surface area contributed by atoms with Crippen LogP contribution in [0.3, 0.4) is 0 Å². The second-order valence-electron chi connectivity index (χ2n) is 5.81. The van der Waals surface area contributed by atoms with Crippen molar-refractivity contribution in [3.8, 4) is 0 Å². The predicted octanol–water partition coefficient (Wildman–Crippen LogP) is 0.430. The Morgan fingerprint density at radius 3 is 2.61 bits per heavy atom. The highest BCUT2D eigenvalue weighted by atomic mass is 16.2. The number of rotatable bonds is 4. The summed E-state index contributed by atoms with van der Waals surface area (Å²) in [5, 5.41) is 3.28. The van der Waals surface area contributed by atoms with Gasteiger partial charge in [0.1, 0.15) is 0 Å². The van der Waals surface area contributed by atoms with E-state index in [1.807, 2.05) is 11.8 Å². The fourth-order valence-electron chi connectivity index (χ4n) is 3.01. The third-order valence-electron chi connectivity index (χ3n) is 4.17. The van der Waals surface area contributed by atoms with Crippen LogP contribution in [0.1, 0.15) is 30.1 Å². The van der Waals surface area contributed by atoms with Gasteiger partial charge in [-0.15, -0.1) is 0 Å². The number of aromatic amines is 2. The lowest BCUT2D eigenvalue weighted by Gasteiger charge is -2.28. The van der Waals surface area contributed by atoms with E-state index in [9.17, 15) is 14.4 Å². The van der Waals surface area contributed by atoms with E-state index in [2.05, 4.69) is 15.3 Å². The quantitative estimate of drug-likeness (QED) is 0.713. The summed E-state index contributed by atoms with van der Waals surface area (Å²) in [5.41, 5.74) is 0.0754. The normalized spacial score (nSPS) is 17.5. The molecule has 122 valence electrons. The molecule has 23 heavy (non-hydrogen) atoms. The molecule has 0 aliphatic carbocycles. The highest BCUT2D eigenvalue weighted by Crippen LogP contribution is 2.16. The fraction of sp³-hybridized carbons (Fsp3) is 0.438. The zero-order chi connectivity index (χ0) is 16.4. The standard InChI is InChI=1S/C16H20N4O3/c1-2-7-20(11-5-6-17-9-11)16(23)10-3-4-12-13(8-10)19-15(22)14(21)18-12/h3-4,8,11,17H,2,5-7,9H2,1H3,(H,18,21)(H,19,22). The van der Waals surface area contributed by atoms with Gasteiger partial charge in [0, 0.05) is 24.7 Å². The summed E-state index contributed by atoms with van der Waals surface area (Å²) in [5.74, 6) is -0.0468. The zero-order valence-corrected chi connectivity index (χ0v) is 13.0. The molecule has 1 aliphatic heterocycles. The summed E-state index contributed by atoms with van der Waals surface area (Å²) in [6, 6.07) is 5.16. The molecular formula is C16H20N4O3. The van der Waals surface area contributed by atoms with Crippen LogP contribution in [0.25, 0.3) is 11.0 Å². The number of carbonyl (C=O) groups is 1. The molecule has 1 aromatic heterocycles. The SMILES string of the molecule is CCCN(C(=O)c1ccc2[nH]c(=O)c(=O)[nH]c2c1)C1CCNC1. The molecule has 1 unspecified atom stereocenters. The molecule has 2 aromatic rings. The summed E-state index contributed by atoms with van der Waals surface area (Å²) in [4.78, 5) is 42.6. The minimum atomic E-state index is -0.715. The highest BCUT2D eigenvalue weighted by molar-refractivity contribution is 5.97. The molecule has 0 spiro atoms. The summed E-state index contributed by atoms with van der Waals surface area (Å²) >= 11 is 0. The van der Waals surface area contributed by atoms with E-state index < -0.39 is 11.1 Å². The number of carbonyl (C=O) groups excluding carboxylic acids is 1. The maximum atomic E-state index is 12.9. The fourth-order valence-corrected chi connectivity index (χ4v) is 3.01. The maximum absolute atomic E-state index is 12.9. The van der Waals surface area contributed by atoms with Gasteiger partial charge in [-0.3, -0.25) is 14.4 Å². The number of H-pyrrole nitrogens is 2. The molecule has 3 rings (SSSR count). The van der Waals surface area contributed by atoms with Gasteiger partial charge in [0.25, 0.3) is 5.91 Å². The van der Waals surface area contributed by atoms with Crippen LogP contribution in [0.4, 0.5) is 0 Å². The van der Waals surface area contributed by atoms with Gasteiger partial charge in [0.2, 0.25) is 0 Å². The van der Waals surface area contributed by atoms with Gasteiger partial charge in [-0.2, -0.15) is 0 Å². The van der Waals surface area contributed by atoms with E-state index in [0.29, 0.717) is 23.1 Å².